The molecule has 1 N–H and O–H groups in total. The van der Waals surface area contributed by atoms with Crippen molar-refractivity contribution in [3.05, 3.63) is 51.5 Å². The smallest absolute Gasteiger partial charge is 0.158 e. The maximum Gasteiger partial charge on any atom is 0.158 e. The fourth-order valence-corrected chi connectivity index (χ4v) is 4.40. The normalized spacial score (nSPS) is 13.5. The number of aliphatic hydroxyl groups is 1. The molecule has 0 amide bonds. The van der Waals surface area contributed by atoms with Gasteiger partial charge in [0.2, 0.25) is 0 Å². The molecule has 0 aliphatic carbocycles. The fraction of sp³-hybridized carbons (Fsp3) is 0.400. The van der Waals surface area contributed by atoms with Gasteiger partial charge in [-0.15, -0.1) is 11.3 Å². The van der Waals surface area contributed by atoms with Crippen molar-refractivity contribution in [2.45, 2.75) is 31.6 Å². The van der Waals surface area contributed by atoms with E-state index in [4.69, 9.17) is 0 Å². The predicted molar refractivity (Wildman–Crippen MR) is 85.0 cm³/mol. The number of hydrogen-bond donors (Lipinski definition) is 1. The van der Waals surface area contributed by atoms with Gasteiger partial charge in [-0.2, -0.15) is 0 Å². The number of halogens is 2. The van der Waals surface area contributed by atoms with Crippen LogP contribution >= 0.6 is 11.3 Å². The van der Waals surface area contributed by atoms with E-state index in [1.807, 2.05) is 13.8 Å². The molecule has 1 heterocycles. The first kappa shape index (κ1) is 18.0. The van der Waals surface area contributed by atoms with Gasteiger partial charge in [-0.3, -0.25) is 0 Å². The van der Waals surface area contributed by atoms with E-state index < -0.39 is 38.9 Å². The summed E-state index contributed by atoms with van der Waals surface area (Å²) in [6, 6.07) is 3.10. The minimum atomic E-state index is -3.77. The second-order valence-corrected chi connectivity index (χ2v) is 8.54. The highest BCUT2D eigenvalue weighted by molar-refractivity contribution is 7.90. The molecule has 0 bridgehead atoms. The Morgan fingerprint density at radius 2 is 1.87 bits per heavy atom. The van der Waals surface area contributed by atoms with Gasteiger partial charge in [0.05, 0.1) is 33.9 Å². The van der Waals surface area contributed by atoms with Crippen LogP contribution in [0.4, 0.5) is 8.78 Å². The number of nitrogens with zero attached hydrogens (tertiary/aromatic N) is 1. The number of rotatable bonds is 6. The Labute approximate surface area is 137 Å². The molecule has 1 aromatic heterocycles. The number of thiazole rings is 1. The van der Waals surface area contributed by atoms with Crippen LogP contribution in [0.5, 0.6) is 0 Å². The summed E-state index contributed by atoms with van der Waals surface area (Å²) in [6.07, 6.45) is -1.76. The van der Waals surface area contributed by atoms with Gasteiger partial charge in [0.25, 0.3) is 0 Å². The van der Waals surface area contributed by atoms with Crippen molar-refractivity contribution in [1.29, 1.82) is 0 Å². The van der Waals surface area contributed by atoms with Gasteiger partial charge in [-0.05, 0) is 12.1 Å². The molecular formula is C15H17F2NO3S2. The standard InChI is InChI=1S/C15H17F2NO3S2/c1-9(2)15-18-10(6-22-15)7-23(20,21)8-13(19)14-11(16)4-3-5-12(14)17/h3-6,9,13,19H,7-8H2,1-2H3/t13-/m0/s1. The molecule has 0 aliphatic rings. The van der Waals surface area contributed by atoms with Crippen molar-refractivity contribution in [2.75, 3.05) is 5.75 Å². The highest BCUT2D eigenvalue weighted by atomic mass is 32.2. The molecule has 0 fully saturated rings. The highest BCUT2D eigenvalue weighted by Crippen LogP contribution is 2.24. The number of aliphatic hydroxyl groups excluding tert-OH is 1. The van der Waals surface area contributed by atoms with Crippen LogP contribution in [0.1, 0.15) is 42.1 Å². The molecule has 2 rings (SSSR count). The predicted octanol–water partition coefficient (Wildman–Crippen LogP) is 3.19. The van der Waals surface area contributed by atoms with Gasteiger partial charge in [0.1, 0.15) is 11.6 Å². The summed E-state index contributed by atoms with van der Waals surface area (Å²) in [5.41, 5.74) is -0.253. The third-order valence-electron chi connectivity index (χ3n) is 3.18. The number of sulfone groups is 1. The number of hydrogen-bond acceptors (Lipinski definition) is 5. The lowest BCUT2D eigenvalue weighted by Crippen LogP contribution is -2.18. The van der Waals surface area contributed by atoms with E-state index in [-0.39, 0.29) is 11.7 Å². The maximum absolute atomic E-state index is 13.6. The summed E-state index contributed by atoms with van der Waals surface area (Å²) in [6.45, 7) is 3.89. The monoisotopic (exact) mass is 361 g/mol. The molecule has 2 aromatic rings. The Balaban J connectivity index is 2.14. The maximum atomic E-state index is 13.6. The third kappa shape index (κ3) is 4.55. The summed E-state index contributed by atoms with van der Waals surface area (Å²) in [4.78, 5) is 4.22. The molecular weight excluding hydrogens is 344 g/mol. The van der Waals surface area contributed by atoms with E-state index in [0.29, 0.717) is 5.69 Å². The zero-order valence-electron chi connectivity index (χ0n) is 12.7. The van der Waals surface area contributed by atoms with Crippen molar-refractivity contribution in [3.8, 4) is 0 Å². The first-order valence-corrected chi connectivity index (χ1v) is 9.66. The van der Waals surface area contributed by atoms with Crippen molar-refractivity contribution in [2.24, 2.45) is 0 Å². The molecule has 8 heteroatoms. The lowest BCUT2D eigenvalue weighted by atomic mass is 10.1. The van der Waals surface area contributed by atoms with Crippen molar-refractivity contribution >= 4 is 21.2 Å². The largest absolute Gasteiger partial charge is 0.387 e. The lowest BCUT2D eigenvalue weighted by molar-refractivity contribution is 0.191. The van der Waals surface area contributed by atoms with Crippen LogP contribution in [-0.4, -0.2) is 24.3 Å². The summed E-state index contributed by atoms with van der Waals surface area (Å²) >= 11 is 1.36. The Hall–Kier alpha value is -1.38. The van der Waals surface area contributed by atoms with E-state index in [1.165, 1.54) is 11.3 Å². The fourth-order valence-electron chi connectivity index (χ4n) is 2.09. The minimum Gasteiger partial charge on any atom is -0.387 e. The molecule has 4 nitrogen and oxygen atoms in total. The first-order valence-electron chi connectivity index (χ1n) is 6.96. The van der Waals surface area contributed by atoms with Gasteiger partial charge in [0.15, 0.2) is 9.84 Å². The van der Waals surface area contributed by atoms with E-state index >= 15 is 0 Å². The lowest BCUT2D eigenvalue weighted by Gasteiger charge is -2.13. The first-order chi connectivity index (χ1) is 10.7. The molecule has 0 aliphatic heterocycles. The van der Waals surface area contributed by atoms with Crippen LogP contribution in [0.25, 0.3) is 0 Å². The van der Waals surface area contributed by atoms with Crippen LogP contribution < -0.4 is 0 Å². The van der Waals surface area contributed by atoms with E-state index in [1.54, 1.807) is 5.38 Å². The van der Waals surface area contributed by atoms with Gasteiger partial charge < -0.3 is 5.11 Å². The summed E-state index contributed by atoms with van der Waals surface area (Å²) in [7, 11) is -3.77. The molecule has 0 unspecified atom stereocenters. The Bertz CT molecular complexity index is 768. The van der Waals surface area contributed by atoms with Crippen LogP contribution in [-0.2, 0) is 15.6 Å². The van der Waals surface area contributed by atoms with Gasteiger partial charge in [0, 0.05) is 11.3 Å². The van der Waals surface area contributed by atoms with Crippen LogP contribution in [0.3, 0.4) is 0 Å². The number of aromatic nitrogens is 1. The Kier molecular flexibility index (Phi) is 5.49. The average Bonchev–Trinajstić information content (AvgIpc) is 2.85. The van der Waals surface area contributed by atoms with Crippen LogP contribution in [0.15, 0.2) is 23.6 Å². The second kappa shape index (κ2) is 7.02. The zero-order chi connectivity index (χ0) is 17.2. The van der Waals surface area contributed by atoms with E-state index in [9.17, 15) is 22.3 Å². The zero-order valence-corrected chi connectivity index (χ0v) is 14.3. The van der Waals surface area contributed by atoms with Crippen LogP contribution in [0, 0.1) is 11.6 Å². The molecule has 1 aromatic carbocycles. The average molecular weight is 361 g/mol. The van der Waals surface area contributed by atoms with Gasteiger partial charge >= 0.3 is 0 Å². The molecule has 126 valence electrons. The molecule has 1 atom stereocenters. The Morgan fingerprint density at radius 3 is 2.39 bits per heavy atom. The minimum absolute atomic E-state index is 0.189. The molecule has 0 spiro atoms. The molecule has 0 saturated carbocycles. The van der Waals surface area contributed by atoms with Gasteiger partial charge in [-0.1, -0.05) is 19.9 Å². The quantitative estimate of drug-likeness (QED) is 0.858. The van der Waals surface area contributed by atoms with Crippen molar-refractivity contribution < 1.29 is 22.3 Å². The van der Waals surface area contributed by atoms with Gasteiger partial charge in [-0.25, -0.2) is 22.2 Å². The molecule has 0 saturated heterocycles. The summed E-state index contributed by atoms with van der Waals surface area (Å²) < 4.78 is 51.5. The molecule has 23 heavy (non-hydrogen) atoms. The van der Waals surface area contributed by atoms with E-state index in [2.05, 4.69) is 4.98 Å². The molecule has 0 radical (unpaired) electrons. The van der Waals surface area contributed by atoms with Crippen molar-refractivity contribution in [3.63, 3.8) is 0 Å². The topological polar surface area (TPSA) is 67.3 Å². The SMILES string of the molecule is CC(C)c1nc(CS(=O)(=O)C[C@H](O)c2c(F)cccc2F)cs1. The summed E-state index contributed by atoms with van der Waals surface area (Å²) in [5, 5.41) is 12.4. The van der Waals surface area contributed by atoms with Crippen molar-refractivity contribution in [1.82, 2.24) is 4.98 Å². The highest BCUT2D eigenvalue weighted by Gasteiger charge is 2.25. The van der Waals surface area contributed by atoms with E-state index in [0.717, 1.165) is 23.2 Å². The van der Waals surface area contributed by atoms with Crippen LogP contribution in [0.2, 0.25) is 0 Å². The number of benzene rings is 1. The summed E-state index contributed by atoms with van der Waals surface area (Å²) in [5.74, 6) is -2.88. The third-order valence-corrected chi connectivity index (χ3v) is 5.93. The Morgan fingerprint density at radius 1 is 1.26 bits per heavy atom. The second-order valence-electron chi connectivity index (χ2n) is 5.54.